The number of thiazole rings is 1. The van der Waals surface area contributed by atoms with E-state index in [1.165, 1.54) is 11.3 Å². The summed E-state index contributed by atoms with van der Waals surface area (Å²) in [6, 6.07) is 1.85. The molecule has 1 rings (SSSR count). The Labute approximate surface area is 80.2 Å². The Balaban J connectivity index is 2.78. The molecular weight excluding hydrogens is 186 g/mol. The van der Waals surface area contributed by atoms with Crippen LogP contribution in [0.15, 0.2) is 0 Å². The monoisotopic (exact) mass is 195 g/mol. The van der Waals surface area contributed by atoms with Gasteiger partial charge in [-0.25, -0.2) is 4.98 Å². The maximum Gasteiger partial charge on any atom is 0.264 e. The molecule has 1 heterocycles. The number of hydrogen-bond donors (Lipinski definition) is 1. The molecule has 0 aliphatic heterocycles. The van der Waals surface area contributed by atoms with Gasteiger partial charge in [-0.05, 0) is 13.8 Å². The molecule has 0 spiro atoms. The summed E-state index contributed by atoms with van der Waals surface area (Å²) in [6.45, 7) is 3.67. The Morgan fingerprint density at radius 3 is 2.85 bits per heavy atom. The minimum absolute atomic E-state index is 0.0369. The molecule has 13 heavy (non-hydrogen) atoms. The Kier molecular flexibility index (Phi) is 2.98. The number of nitrogens with one attached hydrogen (secondary N) is 1. The zero-order chi connectivity index (χ0) is 9.84. The maximum absolute atomic E-state index is 11.3. The summed E-state index contributed by atoms with van der Waals surface area (Å²) < 4.78 is 0. The average Bonchev–Trinajstić information content (AvgIpc) is 2.41. The van der Waals surface area contributed by atoms with Crippen molar-refractivity contribution in [2.45, 2.75) is 13.8 Å². The van der Waals surface area contributed by atoms with Crippen molar-refractivity contribution >= 4 is 17.2 Å². The molecule has 0 saturated heterocycles. The van der Waals surface area contributed by atoms with Crippen LogP contribution < -0.4 is 5.32 Å². The van der Waals surface area contributed by atoms with Crippen LogP contribution in [0.1, 0.15) is 20.4 Å². The summed E-state index contributed by atoms with van der Waals surface area (Å²) >= 11 is 1.34. The Morgan fingerprint density at radius 1 is 1.69 bits per heavy atom. The van der Waals surface area contributed by atoms with Gasteiger partial charge in [0.05, 0.1) is 16.8 Å². The number of nitriles is 1. The van der Waals surface area contributed by atoms with Crippen molar-refractivity contribution in [1.82, 2.24) is 10.3 Å². The van der Waals surface area contributed by atoms with Gasteiger partial charge in [-0.15, -0.1) is 11.3 Å². The van der Waals surface area contributed by atoms with Crippen molar-refractivity contribution < 1.29 is 4.79 Å². The van der Waals surface area contributed by atoms with Crippen LogP contribution in [0.4, 0.5) is 0 Å². The van der Waals surface area contributed by atoms with Gasteiger partial charge >= 0.3 is 0 Å². The molecule has 68 valence electrons. The third-order valence-corrected chi connectivity index (χ3v) is 2.51. The van der Waals surface area contributed by atoms with Crippen LogP contribution in [0.5, 0.6) is 0 Å². The van der Waals surface area contributed by atoms with E-state index >= 15 is 0 Å². The molecule has 4 nitrogen and oxygen atoms in total. The van der Waals surface area contributed by atoms with E-state index in [4.69, 9.17) is 5.26 Å². The highest BCUT2D eigenvalue weighted by Gasteiger charge is 2.12. The molecule has 0 saturated carbocycles. The fourth-order valence-corrected chi connectivity index (χ4v) is 1.78. The number of aryl methyl sites for hydroxylation is 2. The van der Waals surface area contributed by atoms with Crippen molar-refractivity contribution in [2.75, 3.05) is 6.54 Å². The minimum atomic E-state index is -0.218. The number of carbonyl (C=O) groups is 1. The molecule has 1 aromatic heterocycles. The van der Waals surface area contributed by atoms with Crippen molar-refractivity contribution in [2.24, 2.45) is 0 Å². The van der Waals surface area contributed by atoms with Crippen molar-refractivity contribution in [3.63, 3.8) is 0 Å². The number of nitrogens with zero attached hydrogens (tertiary/aromatic N) is 2. The summed E-state index contributed by atoms with van der Waals surface area (Å²) in [5, 5.41) is 11.6. The van der Waals surface area contributed by atoms with E-state index in [9.17, 15) is 4.79 Å². The molecule has 0 atom stereocenters. The van der Waals surface area contributed by atoms with Gasteiger partial charge in [-0.3, -0.25) is 4.79 Å². The number of carbonyl (C=O) groups excluding carboxylic acids is 1. The van der Waals surface area contributed by atoms with E-state index in [1.54, 1.807) is 6.92 Å². The largest absolute Gasteiger partial charge is 0.338 e. The lowest BCUT2D eigenvalue weighted by molar-refractivity contribution is 0.0961. The van der Waals surface area contributed by atoms with Gasteiger partial charge in [-0.1, -0.05) is 0 Å². The summed E-state index contributed by atoms with van der Waals surface area (Å²) in [6.07, 6.45) is 0. The highest BCUT2D eigenvalue weighted by Crippen LogP contribution is 2.16. The van der Waals surface area contributed by atoms with E-state index < -0.39 is 0 Å². The zero-order valence-electron chi connectivity index (χ0n) is 7.42. The van der Waals surface area contributed by atoms with Crippen molar-refractivity contribution in [3.05, 3.63) is 15.6 Å². The second kappa shape index (κ2) is 4.01. The third-order valence-electron chi connectivity index (χ3n) is 1.44. The summed E-state index contributed by atoms with van der Waals surface area (Å²) in [4.78, 5) is 16.1. The van der Waals surface area contributed by atoms with E-state index in [0.717, 1.165) is 10.7 Å². The highest BCUT2D eigenvalue weighted by atomic mass is 32.1. The Bertz CT molecular complexity index is 364. The molecule has 1 aromatic rings. The van der Waals surface area contributed by atoms with Gasteiger partial charge in [0.15, 0.2) is 0 Å². The fourth-order valence-electron chi connectivity index (χ4n) is 0.942. The quantitative estimate of drug-likeness (QED) is 0.716. The van der Waals surface area contributed by atoms with Gasteiger partial charge in [0.25, 0.3) is 5.91 Å². The van der Waals surface area contributed by atoms with Gasteiger partial charge < -0.3 is 5.32 Å². The lowest BCUT2D eigenvalue weighted by Crippen LogP contribution is -2.23. The van der Waals surface area contributed by atoms with Gasteiger partial charge in [0, 0.05) is 0 Å². The number of rotatable bonds is 2. The second-order valence-corrected chi connectivity index (χ2v) is 3.69. The molecule has 0 radical (unpaired) electrons. The summed E-state index contributed by atoms with van der Waals surface area (Å²) in [7, 11) is 0. The predicted molar refractivity (Wildman–Crippen MR) is 49.5 cm³/mol. The Morgan fingerprint density at radius 2 is 2.38 bits per heavy atom. The molecule has 0 aliphatic rings. The van der Waals surface area contributed by atoms with Crippen LogP contribution in [0.2, 0.25) is 0 Å². The molecule has 0 aromatic carbocycles. The summed E-state index contributed by atoms with van der Waals surface area (Å²) in [5.74, 6) is -0.218. The molecule has 0 bridgehead atoms. The second-order valence-electron chi connectivity index (χ2n) is 2.49. The molecule has 5 heteroatoms. The SMILES string of the molecule is Cc1nc(C)c(C(=O)NCC#N)s1. The minimum Gasteiger partial charge on any atom is -0.338 e. The number of hydrogen-bond acceptors (Lipinski definition) is 4. The van der Waals surface area contributed by atoms with Crippen molar-refractivity contribution in [3.8, 4) is 6.07 Å². The molecule has 1 amide bonds. The highest BCUT2D eigenvalue weighted by molar-refractivity contribution is 7.13. The average molecular weight is 195 g/mol. The first kappa shape index (κ1) is 9.68. The van der Waals surface area contributed by atoms with E-state index in [1.807, 2.05) is 13.0 Å². The van der Waals surface area contributed by atoms with Gasteiger partial charge in [0.2, 0.25) is 0 Å². The topological polar surface area (TPSA) is 65.8 Å². The lowest BCUT2D eigenvalue weighted by Gasteiger charge is -1.96. The van der Waals surface area contributed by atoms with E-state index in [0.29, 0.717) is 4.88 Å². The normalized spacial score (nSPS) is 9.31. The van der Waals surface area contributed by atoms with Gasteiger partial charge in [0.1, 0.15) is 11.4 Å². The zero-order valence-corrected chi connectivity index (χ0v) is 8.23. The van der Waals surface area contributed by atoms with E-state index in [-0.39, 0.29) is 12.5 Å². The predicted octanol–water partition coefficient (Wildman–Crippen LogP) is 1.01. The smallest absolute Gasteiger partial charge is 0.264 e. The maximum atomic E-state index is 11.3. The van der Waals surface area contributed by atoms with Crippen LogP contribution in [0, 0.1) is 25.2 Å². The fraction of sp³-hybridized carbons (Fsp3) is 0.375. The van der Waals surface area contributed by atoms with Crippen molar-refractivity contribution in [1.29, 1.82) is 5.26 Å². The Hall–Kier alpha value is -1.41. The van der Waals surface area contributed by atoms with E-state index in [2.05, 4.69) is 10.3 Å². The van der Waals surface area contributed by atoms with Gasteiger partial charge in [-0.2, -0.15) is 5.26 Å². The standard InChI is InChI=1S/C8H9N3OS/c1-5-7(13-6(2)11-5)8(12)10-4-3-9/h4H2,1-2H3,(H,10,12). The first-order chi connectivity index (χ1) is 6.15. The van der Waals surface area contributed by atoms with Crippen LogP contribution in [0.25, 0.3) is 0 Å². The first-order valence-electron chi connectivity index (χ1n) is 3.74. The van der Waals surface area contributed by atoms with Crippen LogP contribution in [-0.2, 0) is 0 Å². The molecule has 0 unspecified atom stereocenters. The molecule has 0 fully saturated rings. The van der Waals surface area contributed by atoms with Crippen LogP contribution in [-0.4, -0.2) is 17.4 Å². The molecular formula is C8H9N3OS. The van der Waals surface area contributed by atoms with Crippen LogP contribution >= 0.6 is 11.3 Å². The van der Waals surface area contributed by atoms with Crippen LogP contribution in [0.3, 0.4) is 0 Å². The lowest BCUT2D eigenvalue weighted by atomic mass is 10.4. The third kappa shape index (κ3) is 2.26. The molecule has 0 aliphatic carbocycles. The first-order valence-corrected chi connectivity index (χ1v) is 4.56. The summed E-state index contributed by atoms with van der Waals surface area (Å²) in [5.41, 5.74) is 0.720. The molecule has 1 N–H and O–H groups in total. The number of amides is 1. The number of aromatic nitrogens is 1.